The largest absolute Gasteiger partial charge is 0.593 e. The molecule has 1 amide bonds. The monoisotopic (exact) mass is 445 g/mol. The molecule has 0 saturated carbocycles. The number of benzene rings is 2. The van der Waals surface area contributed by atoms with Gasteiger partial charge in [0, 0.05) is 5.38 Å². The van der Waals surface area contributed by atoms with Gasteiger partial charge in [0.15, 0.2) is 20.4 Å². The van der Waals surface area contributed by atoms with Gasteiger partial charge in [-0.1, -0.05) is 34.5 Å². The number of thiazole rings is 1. The minimum atomic E-state index is -3.83. The highest BCUT2D eigenvalue weighted by Crippen LogP contribution is 2.41. The van der Waals surface area contributed by atoms with E-state index in [0.29, 0.717) is 17.1 Å². The Balaban J connectivity index is 1.64. The molecular weight excluding hydrogens is 425 g/mol. The highest BCUT2D eigenvalue weighted by Gasteiger charge is 2.47. The van der Waals surface area contributed by atoms with Gasteiger partial charge in [-0.05, 0) is 43.2 Å². The molecule has 1 aromatic heterocycles. The van der Waals surface area contributed by atoms with Crippen LogP contribution in [0.25, 0.3) is 0 Å². The molecule has 0 aliphatic carbocycles. The average Bonchev–Trinajstić information content (AvgIpc) is 3.36. The molecule has 0 bridgehead atoms. The number of hydrogen-bond acceptors (Lipinski definition) is 5. The fourth-order valence-corrected chi connectivity index (χ4v) is 5.98. The lowest BCUT2D eigenvalue weighted by Crippen LogP contribution is -2.37. The van der Waals surface area contributed by atoms with Crippen molar-refractivity contribution in [1.82, 2.24) is 9.29 Å². The highest BCUT2D eigenvalue weighted by molar-refractivity contribution is 7.95. The second-order valence-corrected chi connectivity index (χ2v) is 9.92. The lowest BCUT2D eigenvalue weighted by atomic mass is 9.99. The summed E-state index contributed by atoms with van der Waals surface area (Å²) in [5.41, 5.74) is 1.45. The molecule has 2 heterocycles. The first-order valence-electron chi connectivity index (χ1n) is 9.40. The molecule has 3 atom stereocenters. The predicted octanol–water partition coefficient (Wildman–Crippen LogP) is 4.20. The summed E-state index contributed by atoms with van der Waals surface area (Å²) in [6, 6.07) is 13.3. The molecule has 0 radical (unpaired) electrons. The molecule has 9 heteroatoms. The van der Waals surface area contributed by atoms with E-state index in [4.69, 9.17) is 0 Å². The fourth-order valence-electron chi connectivity index (χ4n) is 3.60. The number of carbonyl (C=O) groups excluding carboxylic acids is 1. The second kappa shape index (κ2) is 8.35. The molecule has 4 rings (SSSR count). The Morgan fingerprint density at radius 1 is 1.23 bits per heavy atom. The predicted molar refractivity (Wildman–Crippen MR) is 113 cm³/mol. The van der Waals surface area contributed by atoms with E-state index in [-0.39, 0.29) is 17.3 Å². The maximum absolute atomic E-state index is 13.4. The van der Waals surface area contributed by atoms with Crippen LogP contribution in [0.2, 0.25) is 0 Å². The van der Waals surface area contributed by atoms with Gasteiger partial charge in [-0.15, -0.1) is 15.6 Å². The Labute approximate surface area is 179 Å². The summed E-state index contributed by atoms with van der Waals surface area (Å²) in [5, 5.41) is 5.10. The van der Waals surface area contributed by atoms with Crippen molar-refractivity contribution in [3.05, 3.63) is 77.1 Å². The van der Waals surface area contributed by atoms with Crippen LogP contribution in [0.1, 0.15) is 23.7 Å². The lowest BCUT2D eigenvalue weighted by molar-refractivity contribution is -0.119. The number of halogens is 1. The van der Waals surface area contributed by atoms with Gasteiger partial charge < -0.3 is 9.87 Å². The van der Waals surface area contributed by atoms with Gasteiger partial charge in [-0.2, -0.15) is 0 Å². The Morgan fingerprint density at radius 3 is 2.57 bits per heavy atom. The van der Waals surface area contributed by atoms with Crippen molar-refractivity contribution in [2.75, 3.05) is 11.9 Å². The minimum Gasteiger partial charge on any atom is -0.593 e. The molecule has 30 heavy (non-hydrogen) atoms. The van der Waals surface area contributed by atoms with Crippen LogP contribution in [0.5, 0.6) is 0 Å². The van der Waals surface area contributed by atoms with Gasteiger partial charge in [0.05, 0.1) is 24.2 Å². The summed E-state index contributed by atoms with van der Waals surface area (Å²) in [7, 11) is -3.83. The van der Waals surface area contributed by atoms with Crippen molar-refractivity contribution >= 4 is 32.8 Å². The average molecular weight is 446 g/mol. The van der Waals surface area contributed by atoms with Crippen LogP contribution in [0.15, 0.2) is 64.9 Å². The van der Waals surface area contributed by atoms with Crippen LogP contribution >= 0.6 is 11.3 Å². The van der Waals surface area contributed by atoms with Crippen molar-refractivity contribution in [2.24, 2.45) is 5.92 Å². The van der Waals surface area contributed by atoms with E-state index in [1.807, 2.05) is 12.3 Å². The maximum atomic E-state index is 13.4. The van der Waals surface area contributed by atoms with Gasteiger partial charge in [-0.25, -0.2) is 9.37 Å². The number of sulfonamides is 1. The summed E-state index contributed by atoms with van der Waals surface area (Å²) >= 11 is 1.32. The Bertz CT molecular complexity index is 1090. The maximum Gasteiger partial charge on any atom is 0.230 e. The number of nitrogens with one attached hydrogen (secondary N) is 1. The number of rotatable bonds is 5. The van der Waals surface area contributed by atoms with E-state index in [2.05, 4.69) is 10.3 Å². The van der Waals surface area contributed by atoms with Gasteiger partial charge in [0.1, 0.15) is 5.82 Å². The third-order valence-corrected chi connectivity index (χ3v) is 7.84. The van der Waals surface area contributed by atoms with Crippen molar-refractivity contribution in [3.8, 4) is 0 Å². The minimum absolute atomic E-state index is 0.0372. The Morgan fingerprint density at radius 2 is 1.93 bits per heavy atom. The molecular formula is C21H20FN3O3S2. The Kier molecular flexibility index (Phi) is 5.79. The number of aryl methyl sites for hydroxylation is 1. The van der Waals surface area contributed by atoms with Crippen molar-refractivity contribution in [1.29, 1.82) is 0 Å². The molecule has 3 aromatic rings. The Hall–Kier alpha value is -2.46. The quantitative estimate of drug-likeness (QED) is 0.597. The van der Waals surface area contributed by atoms with E-state index in [9.17, 15) is 17.9 Å². The molecule has 0 spiro atoms. The van der Waals surface area contributed by atoms with Crippen molar-refractivity contribution in [2.45, 2.75) is 24.3 Å². The van der Waals surface area contributed by atoms with Crippen LogP contribution in [-0.4, -0.2) is 26.3 Å². The molecule has 1 N–H and O–H groups in total. The van der Waals surface area contributed by atoms with Crippen molar-refractivity contribution < 1.29 is 17.9 Å². The van der Waals surface area contributed by atoms with Gasteiger partial charge in [0.25, 0.3) is 0 Å². The highest BCUT2D eigenvalue weighted by atomic mass is 32.3. The fraction of sp³-hybridized carbons (Fsp3) is 0.238. The topological polar surface area (TPSA) is 85.4 Å². The van der Waals surface area contributed by atoms with E-state index in [1.54, 1.807) is 30.3 Å². The van der Waals surface area contributed by atoms with Crippen LogP contribution in [0, 0.1) is 18.7 Å². The summed E-state index contributed by atoms with van der Waals surface area (Å²) in [6.07, 6.45) is 0.299. The summed E-state index contributed by atoms with van der Waals surface area (Å²) in [6.45, 7) is 1.87. The summed E-state index contributed by atoms with van der Waals surface area (Å²) in [5.74, 6) is -1.23. The van der Waals surface area contributed by atoms with Crippen molar-refractivity contribution in [3.63, 3.8) is 0 Å². The molecule has 1 fully saturated rings. The SMILES string of the molecule is Cc1csc(NC(=O)[C@@H]2C[C@@H](c3ccc(F)cc3)N([S+](=O)([O-])c3ccccc3)C2)n1. The molecule has 1 aliphatic rings. The van der Waals surface area contributed by atoms with E-state index >= 15 is 0 Å². The third kappa shape index (κ3) is 4.20. The first-order chi connectivity index (χ1) is 14.3. The second-order valence-electron chi connectivity index (χ2n) is 7.17. The molecule has 1 saturated heterocycles. The van der Waals surface area contributed by atoms with Crippen LogP contribution in [0.3, 0.4) is 0 Å². The molecule has 156 valence electrons. The van der Waals surface area contributed by atoms with Crippen LogP contribution < -0.4 is 5.32 Å². The number of anilines is 1. The number of hydrogen-bond donors (Lipinski definition) is 1. The lowest BCUT2D eigenvalue weighted by Gasteiger charge is -2.28. The van der Waals surface area contributed by atoms with E-state index in [0.717, 1.165) is 5.69 Å². The first kappa shape index (κ1) is 20.8. The third-order valence-electron chi connectivity index (χ3n) is 5.08. The normalized spacial score (nSPS) is 21.3. The smallest absolute Gasteiger partial charge is 0.230 e. The zero-order valence-corrected chi connectivity index (χ0v) is 17.8. The van der Waals surface area contributed by atoms with Gasteiger partial charge in [0.2, 0.25) is 5.91 Å². The van der Waals surface area contributed by atoms with Gasteiger partial charge >= 0.3 is 0 Å². The number of aromatic nitrogens is 1. The van der Waals surface area contributed by atoms with E-state index in [1.165, 1.54) is 39.9 Å². The van der Waals surface area contributed by atoms with Gasteiger partial charge in [-0.3, -0.25) is 4.79 Å². The zero-order chi connectivity index (χ0) is 21.3. The molecule has 6 nitrogen and oxygen atoms in total. The van der Waals surface area contributed by atoms with E-state index < -0.39 is 28.2 Å². The molecule has 1 unspecified atom stereocenters. The summed E-state index contributed by atoms with van der Waals surface area (Å²) in [4.78, 5) is 17.2. The number of nitrogens with zero attached hydrogens (tertiary/aromatic N) is 2. The number of carbonyl (C=O) groups is 1. The van der Waals surface area contributed by atoms with Crippen LogP contribution in [0.4, 0.5) is 9.52 Å². The standard InChI is InChI=1S/C21H20FN3O3S2/c1-14-13-29-21(23-14)24-20(26)16-11-19(15-7-9-17(22)10-8-15)25(12-16)30(27,28)18-5-3-2-4-6-18/h2-10,13,16,19H,11-12H2,1H3,(H-,23,24,26,27,28)/t16-,19+/m1/s1. The summed E-state index contributed by atoms with van der Waals surface area (Å²) < 4.78 is 41.4. The molecule has 2 aromatic carbocycles. The number of amides is 1. The zero-order valence-electron chi connectivity index (χ0n) is 16.2. The molecule has 1 aliphatic heterocycles. The first-order valence-corrected chi connectivity index (χ1v) is 11.7. The van der Waals surface area contributed by atoms with Crippen LogP contribution in [-0.2, 0) is 19.4 Å².